The van der Waals surface area contributed by atoms with Crippen molar-refractivity contribution in [3.8, 4) is 0 Å². The predicted octanol–water partition coefficient (Wildman–Crippen LogP) is 4.72. The lowest BCUT2D eigenvalue weighted by atomic mass is 10.2. The van der Waals surface area contributed by atoms with Crippen molar-refractivity contribution in [3.63, 3.8) is 0 Å². The van der Waals surface area contributed by atoms with Crippen LogP contribution in [0.1, 0.15) is 44.9 Å². The number of benzene rings is 3. The molecule has 0 radical (unpaired) electrons. The Morgan fingerprint density at radius 3 is 1.46 bits per heavy atom. The Kier molecular flexibility index (Phi) is 9.57. The summed E-state index contributed by atoms with van der Waals surface area (Å²) in [5.74, 6) is -1.52. The first-order chi connectivity index (χ1) is 16.9. The molecule has 0 amide bonds. The quantitative estimate of drug-likeness (QED) is 0.292. The van der Waals surface area contributed by atoms with Crippen molar-refractivity contribution in [1.82, 2.24) is 0 Å². The van der Waals surface area contributed by atoms with E-state index >= 15 is 0 Å². The zero-order valence-corrected chi connectivity index (χ0v) is 19.7. The van der Waals surface area contributed by atoms with Crippen LogP contribution in [0.3, 0.4) is 0 Å². The molecule has 0 aromatic heterocycles. The number of rotatable bonds is 11. The van der Waals surface area contributed by atoms with Crippen LogP contribution in [0.5, 0.6) is 0 Å². The first-order valence-corrected chi connectivity index (χ1v) is 11.3. The Morgan fingerprint density at radius 2 is 1.00 bits per heavy atom. The van der Waals surface area contributed by atoms with Crippen LogP contribution in [-0.4, -0.2) is 49.4 Å². The molecule has 0 aliphatic rings. The second-order valence-corrected chi connectivity index (χ2v) is 7.89. The zero-order chi connectivity index (χ0) is 25.0. The molecule has 3 atom stereocenters. The van der Waals surface area contributed by atoms with Crippen molar-refractivity contribution in [2.45, 2.75) is 32.2 Å². The van der Waals surface area contributed by atoms with E-state index < -0.39 is 36.2 Å². The number of ether oxygens (including phenoxy) is 4. The van der Waals surface area contributed by atoms with Gasteiger partial charge >= 0.3 is 17.9 Å². The third-order valence-electron chi connectivity index (χ3n) is 5.08. The van der Waals surface area contributed by atoms with Crippen molar-refractivity contribution < 1.29 is 33.3 Å². The van der Waals surface area contributed by atoms with Gasteiger partial charge in [0.1, 0.15) is 25.4 Å². The van der Waals surface area contributed by atoms with Crippen LogP contribution in [-0.2, 0) is 18.9 Å². The van der Waals surface area contributed by atoms with Crippen molar-refractivity contribution in [2.75, 3.05) is 13.2 Å². The Morgan fingerprint density at radius 1 is 0.600 bits per heavy atom. The molecule has 7 nitrogen and oxygen atoms in total. The van der Waals surface area contributed by atoms with Crippen LogP contribution in [0.4, 0.5) is 0 Å². The average molecular weight is 477 g/mol. The molecule has 0 aliphatic carbocycles. The number of esters is 3. The molecule has 7 heteroatoms. The van der Waals surface area contributed by atoms with E-state index in [-0.39, 0.29) is 13.2 Å². The number of carbonyl (C=O) groups excluding carboxylic acids is 3. The van der Waals surface area contributed by atoms with Gasteiger partial charge < -0.3 is 18.9 Å². The fourth-order valence-electron chi connectivity index (χ4n) is 3.18. The Hall–Kier alpha value is -3.97. The maximum absolute atomic E-state index is 12.5. The van der Waals surface area contributed by atoms with Gasteiger partial charge in [0.15, 0.2) is 0 Å². The summed E-state index contributed by atoms with van der Waals surface area (Å²) < 4.78 is 22.3. The molecular formula is C28H28O7. The lowest BCUT2D eigenvalue weighted by Gasteiger charge is -2.27. The summed E-state index contributed by atoms with van der Waals surface area (Å²) in [6, 6.07) is 25.7. The molecule has 0 heterocycles. The molecule has 35 heavy (non-hydrogen) atoms. The van der Waals surface area contributed by atoms with Crippen LogP contribution in [0.15, 0.2) is 91.0 Å². The number of hydrogen-bond acceptors (Lipinski definition) is 7. The summed E-state index contributed by atoms with van der Waals surface area (Å²) in [7, 11) is 0. The predicted molar refractivity (Wildman–Crippen MR) is 129 cm³/mol. The fraction of sp³-hybridized carbons (Fsp3) is 0.250. The zero-order valence-electron chi connectivity index (χ0n) is 19.7. The minimum atomic E-state index is -0.791. The van der Waals surface area contributed by atoms with Gasteiger partial charge in [-0.1, -0.05) is 54.6 Å². The summed E-state index contributed by atoms with van der Waals surface area (Å²) in [5, 5.41) is 0. The van der Waals surface area contributed by atoms with Gasteiger partial charge in [-0.3, -0.25) is 0 Å². The minimum Gasteiger partial charge on any atom is -0.459 e. The van der Waals surface area contributed by atoms with Gasteiger partial charge in [0.05, 0.1) is 22.8 Å². The number of carbonyl (C=O) groups is 3. The molecule has 3 aromatic rings. The second-order valence-electron chi connectivity index (χ2n) is 7.89. The first kappa shape index (κ1) is 25.6. The van der Waals surface area contributed by atoms with Crippen molar-refractivity contribution in [2.24, 2.45) is 0 Å². The second kappa shape index (κ2) is 13.1. The Bertz CT molecular complexity index is 1080. The minimum absolute atomic E-state index is 0.0315. The van der Waals surface area contributed by atoms with Crippen LogP contribution in [0, 0.1) is 0 Å². The van der Waals surface area contributed by atoms with E-state index in [4.69, 9.17) is 18.9 Å². The molecule has 0 saturated carbocycles. The highest BCUT2D eigenvalue weighted by molar-refractivity contribution is 5.90. The van der Waals surface area contributed by atoms with E-state index in [9.17, 15) is 14.4 Å². The first-order valence-electron chi connectivity index (χ1n) is 11.3. The van der Waals surface area contributed by atoms with Gasteiger partial charge in [0.2, 0.25) is 0 Å². The number of hydrogen-bond donors (Lipinski definition) is 0. The molecule has 0 aliphatic heterocycles. The Labute approximate surface area is 204 Å². The molecule has 0 saturated heterocycles. The monoisotopic (exact) mass is 476 g/mol. The van der Waals surface area contributed by atoms with E-state index in [1.165, 1.54) is 0 Å². The van der Waals surface area contributed by atoms with Gasteiger partial charge in [-0.15, -0.1) is 0 Å². The van der Waals surface area contributed by atoms with Gasteiger partial charge in [-0.2, -0.15) is 0 Å². The molecular weight excluding hydrogens is 448 g/mol. The van der Waals surface area contributed by atoms with Crippen molar-refractivity contribution in [3.05, 3.63) is 108 Å². The molecule has 0 fully saturated rings. The average Bonchev–Trinajstić information content (AvgIpc) is 2.90. The van der Waals surface area contributed by atoms with Crippen molar-refractivity contribution >= 4 is 17.9 Å². The van der Waals surface area contributed by atoms with Crippen molar-refractivity contribution in [1.29, 1.82) is 0 Å². The van der Waals surface area contributed by atoms with Crippen LogP contribution >= 0.6 is 0 Å². The Balaban J connectivity index is 1.61. The normalized spacial score (nSPS) is 13.2. The largest absolute Gasteiger partial charge is 0.459 e. The maximum atomic E-state index is 12.5. The molecule has 182 valence electrons. The smallest absolute Gasteiger partial charge is 0.338 e. The van der Waals surface area contributed by atoms with Gasteiger partial charge in [0.25, 0.3) is 0 Å². The summed E-state index contributed by atoms with van der Waals surface area (Å²) in [6.07, 6.45) is -2.10. The highest BCUT2D eigenvalue weighted by Crippen LogP contribution is 2.14. The van der Waals surface area contributed by atoms with Crippen LogP contribution in [0.25, 0.3) is 0 Å². The molecule has 3 rings (SSSR count). The summed E-state index contributed by atoms with van der Waals surface area (Å²) in [6.45, 7) is 3.19. The van der Waals surface area contributed by atoms with E-state index in [1.54, 1.807) is 98.8 Å². The summed E-state index contributed by atoms with van der Waals surface area (Å²) >= 11 is 0. The molecule has 0 spiro atoms. The van der Waals surface area contributed by atoms with Crippen LogP contribution < -0.4 is 0 Å². The molecule has 0 N–H and O–H groups in total. The molecule has 3 aromatic carbocycles. The third kappa shape index (κ3) is 8.08. The van der Waals surface area contributed by atoms with Crippen LogP contribution in [0.2, 0.25) is 0 Å². The van der Waals surface area contributed by atoms with E-state index in [0.717, 1.165) is 0 Å². The molecule has 0 unspecified atom stereocenters. The van der Waals surface area contributed by atoms with E-state index in [1.807, 2.05) is 6.07 Å². The topological polar surface area (TPSA) is 88.1 Å². The fourth-order valence-corrected chi connectivity index (χ4v) is 3.18. The summed E-state index contributed by atoms with van der Waals surface area (Å²) in [5.41, 5.74) is 1.22. The highest BCUT2D eigenvalue weighted by atomic mass is 16.6. The third-order valence-corrected chi connectivity index (χ3v) is 5.08. The SMILES string of the molecule is C[C@H](OC(=O)c1ccccc1)[C@@H](COC(=O)c1ccccc1)O[C@@H](C)COC(=O)c1ccccc1. The van der Waals surface area contributed by atoms with Gasteiger partial charge in [-0.25, -0.2) is 14.4 Å². The maximum Gasteiger partial charge on any atom is 0.338 e. The van der Waals surface area contributed by atoms with Gasteiger partial charge in [-0.05, 0) is 50.2 Å². The lowest BCUT2D eigenvalue weighted by Crippen LogP contribution is -2.39. The van der Waals surface area contributed by atoms with E-state index in [2.05, 4.69) is 0 Å². The lowest BCUT2D eigenvalue weighted by molar-refractivity contribution is -0.107. The van der Waals surface area contributed by atoms with E-state index in [0.29, 0.717) is 16.7 Å². The standard InChI is InChI=1S/C28H28O7/c1-20(18-32-26(29)22-12-6-3-7-13-22)34-25(19-33-27(30)23-14-8-4-9-15-23)21(2)35-28(31)24-16-10-5-11-17-24/h3-17,20-21,25H,18-19H2,1-2H3/t20-,21-,25+/m0/s1. The van der Waals surface area contributed by atoms with Gasteiger partial charge in [0, 0.05) is 0 Å². The summed E-state index contributed by atoms with van der Waals surface area (Å²) in [4.78, 5) is 37.2. The highest BCUT2D eigenvalue weighted by Gasteiger charge is 2.27. The molecule has 0 bridgehead atoms.